The van der Waals surface area contributed by atoms with Gasteiger partial charge < -0.3 is 10.2 Å². The van der Waals surface area contributed by atoms with Crippen molar-refractivity contribution in [2.24, 2.45) is 0 Å². The molecule has 10 heavy (non-hydrogen) atoms. The zero-order valence-electron chi connectivity index (χ0n) is 5.43. The highest BCUT2D eigenvalue weighted by atomic mass is 32.2. The van der Waals surface area contributed by atoms with Crippen LogP contribution in [0, 0.1) is 0 Å². The highest BCUT2D eigenvalue weighted by Crippen LogP contribution is 1.84. The molecule has 0 aliphatic carbocycles. The molecule has 0 saturated carbocycles. The highest BCUT2D eigenvalue weighted by molar-refractivity contribution is 7.69. The van der Waals surface area contributed by atoms with Crippen LogP contribution in [-0.2, 0) is 10.9 Å². The lowest BCUT2D eigenvalue weighted by atomic mass is 10.6. The number of thiol groups is 1. The summed E-state index contributed by atoms with van der Waals surface area (Å²) < 4.78 is 21.4. The molecular weight excluding hydrogens is 158 g/mol. The number of hydrogen-bond donors (Lipinski definition) is 3. The molecule has 0 aromatic rings. The Bertz CT molecular complexity index is 132. The summed E-state index contributed by atoms with van der Waals surface area (Å²) in [6, 6.07) is 0. The summed E-state index contributed by atoms with van der Waals surface area (Å²) in [5.74, 6) is 0. The lowest BCUT2D eigenvalue weighted by Crippen LogP contribution is -2.28. The Labute approximate surface area is 61.0 Å². The maximum absolute atomic E-state index is 10.2. The summed E-state index contributed by atoms with van der Waals surface area (Å²) in [6.07, 6.45) is 0. The van der Waals surface area contributed by atoms with Crippen LogP contribution >= 0.6 is 0 Å². The average molecular weight is 169 g/mol. The van der Waals surface area contributed by atoms with Gasteiger partial charge in [0.25, 0.3) is 0 Å². The maximum atomic E-state index is 10.2. The molecule has 0 bridgehead atoms. The van der Waals surface area contributed by atoms with E-state index < -0.39 is 10.9 Å². The molecule has 0 amide bonds. The molecule has 5 nitrogen and oxygen atoms in total. The second kappa shape index (κ2) is 5.60. The fourth-order valence-electron chi connectivity index (χ4n) is 0.506. The van der Waals surface area contributed by atoms with Crippen molar-refractivity contribution in [2.75, 3.05) is 26.3 Å². The first-order valence-electron chi connectivity index (χ1n) is 2.83. The third-order valence-electron chi connectivity index (χ3n) is 0.947. The van der Waals surface area contributed by atoms with Gasteiger partial charge in [-0.3, -0.25) is 0 Å². The SMILES string of the molecule is O=[SH](=O)N(CCO)CCO. The molecule has 0 rings (SSSR count). The van der Waals surface area contributed by atoms with Crippen molar-refractivity contribution in [3.8, 4) is 0 Å². The van der Waals surface area contributed by atoms with Gasteiger partial charge in [-0.1, -0.05) is 0 Å². The van der Waals surface area contributed by atoms with Gasteiger partial charge in [0, 0.05) is 13.1 Å². The molecule has 0 aromatic carbocycles. The van der Waals surface area contributed by atoms with Gasteiger partial charge in [0.05, 0.1) is 13.2 Å². The molecule has 0 aliphatic rings. The average Bonchev–Trinajstić information content (AvgIpc) is 1.87. The molecule has 0 aliphatic heterocycles. The molecule has 0 saturated heterocycles. The number of aliphatic hydroxyl groups is 2. The van der Waals surface area contributed by atoms with Crippen molar-refractivity contribution in [3.63, 3.8) is 0 Å². The topological polar surface area (TPSA) is 77.8 Å². The molecule has 2 N–H and O–H groups in total. The van der Waals surface area contributed by atoms with Gasteiger partial charge in [-0.2, -0.15) is 4.31 Å². The lowest BCUT2D eigenvalue weighted by molar-refractivity contribution is 0.220. The maximum Gasteiger partial charge on any atom is 0.204 e. The molecule has 0 fully saturated rings. The minimum absolute atomic E-state index is 0.0548. The van der Waals surface area contributed by atoms with Crippen LogP contribution < -0.4 is 0 Å². The predicted molar refractivity (Wildman–Crippen MR) is 36.1 cm³/mol. The standard InChI is InChI=1S/C4H11NO4S/c6-3-1-5(2-4-7)10(8)9/h6-7,10H,1-4H2. The zero-order valence-corrected chi connectivity index (χ0v) is 6.33. The normalized spacial score (nSPS) is 11.2. The van der Waals surface area contributed by atoms with E-state index in [9.17, 15) is 8.42 Å². The lowest BCUT2D eigenvalue weighted by Gasteiger charge is -2.10. The minimum atomic E-state index is -2.66. The van der Waals surface area contributed by atoms with Crippen LogP contribution in [0.1, 0.15) is 0 Å². The van der Waals surface area contributed by atoms with Gasteiger partial charge >= 0.3 is 0 Å². The fourth-order valence-corrected chi connectivity index (χ4v) is 1.01. The van der Waals surface area contributed by atoms with E-state index in [4.69, 9.17) is 10.2 Å². The van der Waals surface area contributed by atoms with Crippen molar-refractivity contribution in [1.82, 2.24) is 4.31 Å². The summed E-state index contributed by atoms with van der Waals surface area (Å²) in [5, 5.41) is 16.6. The number of hydrogen-bond acceptors (Lipinski definition) is 4. The Morgan fingerprint density at radius 3 is 1.70 bits per heavy atom. The van der Waals surface area contributed by atoms with E-state index in [0.29, 0.717) is 0 Å². The first-order chi connectivity index (χ1) is 4.72. The number of rotatable bonds is 5. The van der Waals surface area contributed by atoms with Crippen LogP contribution in [0.5, 0.6) is 0 Å². The van der Waals surface area contributed by atoms with Crippen LogP contribution in [0.2, 0.25) is 0 Å². The van der Waals surface area contributed by atoms with Crippen molar-refractivity contribution < 1.29 is 18.6 Å². The summed E-state index contributed by atoms with van der Waals surface area (Å²) in [4.78, 5) is 0. The van der Waals surface area contributed by atoms with E-state index in [1.54, 1.807) is 0 Å². The van der Waals surface area contributed by atoms with Crippen molar-refractivity contribution in [2.45, 2.75) is 0 Å². The Morgan fingerprint density at radius 1 is 1.10 bits per heavy atom. The molecule has 0 spiro atoms. The van der Waals surface area contributed by atoms with Crippen LogP contribution in [0.25, 0.3) is 0 Å². The highest BCUT2D eigenvalue weighted by Gasteiger charge is 2.03. The van der Waals surface area contributed by atoms with Crippen LogP contribution in [0.15, 0.2) is 0 Å². The van der Waals surface area contributed by atoms with E-state index in [1.165, 1.54) is 0 Å². The summed E-state index contributed by atoms with van der Waals surface area (Å²) >= 11 is 0. The molecule has 0 heterocycles. The Morgan fingerprint density at radius 2 is 1.50 bits per heavy atom. The molecule has 62 valence electrons. The molecular formula is C4H11NO4S. The largest absolute Gasteiger partial charge is 0.395 e. The zero-order chi connectivity index (χ0) is 7.98. The van der Waals surface area contributed by atoms with Crippen molar-refractivity contribution >= 4 is 10.9 Å². The van der Waals surface area contributed by atoms with E-state index in [1.807, 2.05) is 0 Å². The van der Waals surface area contributed by atoms with Gasteiger partial charge in [-0.15, -0.1) is 0 Å². The minimum Gasteiger partial charge on any atom is -0.395 e. The summed E-state index contributed by atoms with van der Waals surface area (Å²) in [6.45, 7) is -0.328. The molecule has 0 radical (unpaired) electrons. The van der Waals surface area contributed by atoms with Gasteiger partial charge in [0.2, 0.25) is 10.9 Å². The van der Waals surface area contributed by atoms with Gasteiger partial charge in [0.1, 0.15) is 0 Å². The molecule has 0 atom stereocenters. The molecule has 6 heteroatoms. The first-order valence-corrected chi connectivity index (χ1v) is 3.96. The monoisotopic (exact) mass is 169 g/mol. The van der Waals surface area contributed by atoms with E-state index in [0.717, 1.165) is 4.31 Å². The molecule has 0 aromatic heterocycles. The van der Waals surface area contributed by atoms with Crippen LogP contribution in [0.4, 0.5) is 0 Å². The fraction of sp³-hybridized carbons (Fsp3) is 1.00. The van der Waals surface area contributed by atoms with Crippen molar-refractivity contribution in [1.29, 1.82) is 0 Å². The third kappa shape index (κ3) is 3.78. The smallest absolute Gasteiger partial charge is 0.204 e. The van der Waals surface area contributed by atoms with E-state index in [-0.39, 0.29) is 26.3 Å². The Kier molecular flexibility index (Phi) is 5.51. The van der Waals surface area contributed by atoms with Gasteiger partial charge in [-0.25, -0.2) is 8.42 Å². The van der Waals surface area contributed by atoms with Crippen LogP contribution in [-0.4, -0.2) is 49.2 Å². The number of aliphatic hydroxyl groups excluding tert-OH is 2. The summed E-state index contributed by atoms with van der Waals surface area (Å²) in [7, 11) is -2.66. The Balaban J connectivity index is 3.73. The van der Waals surface area contributed by atoms with E-state index in [2.05, 4.69) is 0 Å². The number of nitrogens with zero attached hydrogens (tertiary/aromatic N) is 1. The van der Waals surface area contributed by atoms with Gasteiger partial charge in [-0.05, 0) is 0 Å². The second-order valence-corrected chi connectivity index (χ2v) is 2.68. The predicted octanol–water partition coefficient (Wildman–Crippen LogP) is -2.20. The second-order valence-electron chi connectivity index (χ2n) is 1.64. The van der Waals surface area contributed by atoms with E-state index >= 15 is 0 Å². The quantitative estimate of drug-likeness (QED) is 0.408. The Hall–Kier alpha value is -0.170. The molecule has 0 unspecified atom stereocenters. The van der Waals surface area contributed by atoms with Crippen LogP contribution in [0.3, 0.4) is 0 Å². The van der Waals surface area contributed by atoms with Crippen molar-refractivity contribution in [3.05, 3.63) is 0 Å². The first kappa shape index (κ1) is 9.83. The summed E-state index contributed by atoms with van der Waals surface area (Å²) in [5.41, 5.74) is 0. The third-order valence-corrected chi connectivity index (χ3v) is 1.81. The van der Waals surface area contributed by atoms with Gasteiger partial charge in [0.15, 0.2) is 0 Å².